The van der Waals surface area contributed by atoms with Gasteiger partial charge in [-0.3, -0.25) is 0 Å². The molecular weight excluding hydrogens is 162 g/mol. The van der Waals surface area contributed by atoms with E-state index in [1.54, 1.807) is 0 Å². The number of nitrogen functional groups attached to an aromatic ring is 1. The Labute approximate surface area is 78.7 Å². The van der Waals surface area contributed by atoms with Crippen LogP contribution < -0.4 is 5.73 Å². The van der Waals surface area contributed by atoms with Crippen LogP contribution in [-0.2, 0) is 11.2 Å². The van der Waals surface area contributed by atoms with E-state index in [2.05, 4.69) is 12.1 Å². The molecule has 1 saturated heterocycles. The second-order valence-corrected chi connectivity index (χ2v) is 3.68. The standard InChI is InChI=1S/C11H15NO/c12-11-5-3-9(4-6-11)1-2-10-7-13-8-10/h3-6,10H,1-2,7-8,12H2. The van der Waals surface area contributed by atoms with Crippen LogP contribution in [0.1, 0.15) is 12.0 Å². The van der Waals surface area contributed by atoms with E-state index in [9.17, 15) is 0 Å². The van der Waals surface area contributed by atoms with E-state index in [1.165, 1.54) is 12.0 Å². The topological polar surface area (TPSA) is 35.2 Å². The van der Waals surface area contributed by atoms with Crippen molar-refractivity contribution in [3.05, 3.63) is 29.8 Å². The summed E-state index contributed by atoms with van der Waals surface area (Å²) in [6.45, 7) is 1.91. The number of aryl methyl sites for hydroxylation is 1. The summed E-state index contributed by atoms with van der Waals surface area (Å²) < 4.78 is 5.12. The smallest absolute Gasteiger partial charge is 0.0516 e. The van der Waals surface area contributed by atoms with Crippen LogP contribution in [0.4, 0.5) is 5.69 Å². The van der Waals surface area contributed by atoms with E-state index >= 15 is 0 Å². The zero-order valence-electron chi connectivity index (χ0n) is 7.70. The van der Waals surface area contributed by atoms with Crippen molar-refractivity contribution in [2.75, 3.05) is 18.9 Å². The summed E-state index contributed by atoms with van der Waals surface area (Å²) in [5.74, 6) is 0.789. The molecule has 0 unspecified atom stereocenters. The molecule has 70 valence electrons. The molecule has 2 N–H and O–H groups in total. The molecule has 1 aliphatic heterocycles. The Kier molecular flexibility index (Phi) is 2.50. The minimum Gasteiger partial charge on any atom is -0.399 e. The average molecular weight is 177 g/mol. The van der Waals surface area contributed by atoms with Crippen molar-refractivity contribution in [1.29, 1.82) is 0 Å². The highest BCUT2D eigenvalue weighted by molar-refractivity contribution is 5.39. The van der Waals surface area contributed by atoms with Crippen molar-refractivity contribution in [3.63, 3.8) is 0 Å². The number of nitrogens with two attached hydrogens (primary N) is 1. The van der Waals surface area contributed by atoms with Gasteiger partial charge in [0.15, 0.2) is 0 Å². The highest BCUT2D eigenvalue weighted by Crippen LogP contribution is 2.17. The van der Waals surface area contributed by atoms with Crippen LogP contribution in [0.5, 0.6) is 0 Å². The van der Waals surface area contributed by atoms with Crippen molar-refractivity contribution < 1.29 is 4.74 Å². The van der Waals surface area contributed by atoms with Gasteiger partial charge in [0.1, 0.15) is 0 Å². The van der Waals surface area contributed by atoms with Crippen molar-refractivity contribution in [3.8, 4) is 0 Å². The maximum atomic E-state index is 5.60. The van der Waals surface area contributed by atoms with Gasteiger partial charge in [-0.1, -0.05) is 12.1 Å². The molecule has 1 aromatic carbocycles. The lowest BCUT2D eigenvalue weighted by Gasteiger charge is -2.25. The normalized spacial score (nSPS) is 16.9. The van der Waals surface area contributed by atoms with Crippen LogP contribution in [0.15, 0.2) is 24.3 Å². The molecule has 0 atom stereocenters. The molecule has 0 bridgehead atoms. The molecule has 2 rings (SSSR count). The van der Waals surface area contributed by atoms with E-state index in [1.807, 2.05) is 12.1 Å². The summed E-state index contributed by atoms with van der Waals surface area (Å²) >= 11 is 0. The molecule has 0 radical (unpaired) electrons. The molecule has 1 aliphatic rings. The lowest BCUT2D eigenvalue weighted by molar-refractivity contribution is -0.0352. The quantitative estimate of drug-likeness (QED) is 0.715. The van der Waals surface area contributed by atoms with E-state index in [0.717, 1.165) is 31.2 Å². The Morgan fingerprint density at radius 2 is 1.92 bits per heavy atom. The van der Waals surface area contributed by atoms with E-state index in [0.29, 0.717) is 0 Å². The van der Waals surface area contributed by atoms with Gasteiger partial charge < -0.3 is 10.5 Å². The number of ether oxygens (including phenoxy) is 1. The van der Waals surface area contributed by atoms with Crippen LogP contribution >= 0.6 is 0 Å². The van der Waals surface area contributed by atoms with Gasteiger partial charge in [-0.05, 0) is 30.5 Å². The number of hydrogen-bond acceptors (Lipinski definition) is 2. The maximum absolute atomic E-state index is 5.60. The van der Waals surface area contributed by atoms with Crippen LogP contribution in [0, 0.1) is 5.92 Å². The van der Waals surface area contributed by atoms with Crippen molar-refractivity contribution in [2.45, 2.75) is 12.8 Å². The molecule has 2 heteroatoms. The summed E-state index contributed by atoms with van der Waals surface area (Å²) in [6, 6.07) is 8.14. The van der Waals surface area contributed by atoms with Gasteiger partial charge in [-0.15, -0.1) is 0 Å². The summed E-state index contributed by atoms with van der Waals surface area (Å²) in [4.78, 5) is 0. The number of hydrogen-bond donors (Lipinski definition) is 1. The van der Waals surface area contributed by atoms with Crippen LogP contribution in [-0.4, -0.2) is 13.2 Å². The van der Waals surface area contributed by atoms with E-state index in [-0.39, 0.29) is 0 Å². The summed E-state index contributed by atoms with van der Waals surface area (Å²) in [5, 5.41) is 0. The Bertz CT molecular complexity index is 264. The minimum atomic E-state index is 0.789. The largest absolute Gasteiger partial charge is 0.399 e. The molecule has 1 aromatic rings. The lowest BCUT2D eigenvalue weighted by Crippen LogP contribution is -2.27. The fourth-order valence-corrected chi connectivity index (χ4v) is 1.51. The highest BCUT2D eigenvalue weighted by atomic mass is 16.5. The minimum absolute atomic E-state index is 0.789. The predicted molar refractivity (Wildman–Crippen MR) is 53.5 cm³/mol. The first-order valence-corrected chi connectivity index (χ1v) is 4.77. The summed E-state index contributed by atoms with van der Waals surface area (Å²) in [6.07, 6.45) is 2.39. The number of anilines is 1. The van der Waals surface area contributed by atoms with Gasteiger partial charge in [-0.25, -0.2) is 0 Å². The van der Waals surface area contributed by atoms with Gasteiger partial charge in [0.2, 0.25) is 0 Å². The van der Waals surface area contributed by atoms with Crippen LogP contribution in [0.2, 0.25) is 0 Å². The van der Waals surface area contributed by atoms with E-state index in [4.69, 9.17) is 10.5 Å². The van der Waals surface area contributed by atoms with Crippen molar-refractivity contribution >= 4 is 5.69 Å². The zero-order chi connectivity index (χ0) is 9.10. The molecular formula is C11H15NO. The first kappa shape index (κ1) is 8.57. The molecule has 0 aliphatic carbocycles. The number of rotatable bonds is 3. The van der Waals surface area contributed by atoms with Crippen molar-refractivity contribution in [1.82, 2.24) is 0 Å². The van der Waals surface area contributed by atoms with Gasteiger partial charge in [0.05, 0.1) is 13.2 Å². The van der Waals surface area contributed by atoms with E-state index < -0.39 is 0 Å². The second kappa shape index (κ2) is 3.79. The Morgan fingerprint density at radius 3 is 2.46 bits per heavy atom. The summed E-state index contributed by atoms with van der Waals surface area (Å²) in [5.41, 5.74) is 7.82. The fourth-order valence-electron chi connectivity index (χ4n) is 1.51. The molecule has 0 amide bonds. The second-order valence-electron chi connectivity index (χ2n) is 3.68. The van der Waals surface area contributed by atoms with Gasteiger partial charge in [0, 0.05) is 11.6 Å². The van der Waals surface area contributed by atoms with Crippen LogP contribution in [0.3, 0.4) is 0 Å². The lowest BCUT2D eigenvalue weighted by atomic mass is 9.98. The zero-order valence-corrected chi connectivity index (χ0v) is 7.70. The van der Waals surface area contributed by atoms with Gasteiger partial charge in [-0.2, -0.15) is 0 Å². The fraction of sp³-hybridized carbons (Fsp3) is 0.455. The average Bonchev–Trinajstić information content (AvgIpc) is 2.05. The molecule has 1 fully saturated rings. The molecule has 0 aromatic heterocycles. The third-order valence-electron chi connectivity index (χ3n) is 2.53. The van der Waals surface area contributed by atoms with Crippen LogP contribution in [0.25, 0.3) is 0 Å². The number of benzene rings is 1. The summed E-state index contributed by atoms with van der Waals surface area (Å²) in [7, 11) is 0. The predicted octanol–water partition coefficient (Wildman–Crippen LogP) is 1.85. The molecule has 0 saturated carbocycles. The SMILES string of the molecule is Nc1ccc(CCC2COC2)cc1. The molecule has 13 heavy (non-hydrogen) atoms. The third kappa shape index (κ3) is 2.22. The van der Waals surface area contributed by atoms with Gasteiger partial charge in [0.25, 0.3) is 0 Å². The molecule has 0 spiro atoms. The monoisotopic (exact) mass is 177 g/mol. The Balaban J connectivity index is 1.83. The highest BCUT2D eigenvalue weighted by Gasteiger charge is 2.17. The molecule has 2 nitrogen and oxygen atoms in total. The molecule has 1 heterocycles. The Morgan fingerprint density at radius 1 is 1.23 bits per heavy atom. The Hall–Kier alpha value is -1.02. The maximum Gasteiger partial charge on any atom is 0.0516 e. The first-order chi connectivity index (χ1) is 6.34. The first-order valence-electron chi connectivity index (χ1n) is 4.77. The van der Waals surface area contributed by atoms with Crippen molar-refractivity contribution in [2.24, 2.45) is 5.92 Å². The van der Waals surface area contributed by atoms with Gasteiger partial charge >= 0.3 is 0 Å². The third-order valence-corrected chi connectivity index (χ3v) is 2.53.